The van der Waals surface area contributed by atoms with Crippen molar-refractivity contribution in [2.75, 3.05) is 21.3 Å². The van der Waals surface area contributed by atoms with Gasteiger partial charge < -0.3 is 19.4 Å². The Bertz CT molecular complexity index is 1460. The van der Waals surface area contributed by atoms with Gasteiger partial charge in [0.2, 0.25) is 0 Å². The van der Waals surface area contributed by atoms with Gasteiger partial charge in [-0.15, -0.1) is 0 Å². The number of H-pyrrole nitrogens is 2. The van der Waals surface area contributed by atoms with Crippen LogP contribution in [0.1, 0.15) is 20.7 Å². The van der Waals surface area contributed by atoms with Gasteiger partial charge in [-0.05, 0) is 36.4 Å². The second-order valence-electron chi connectivity index (χ2n) is 7.49. The lowest BCUT2D eigenvalue weighted by molar-refractivity contribution is 0.0694. The van der Waals surface area contributed by atoms with E-state index in [0.29, 0.717) is 22.6 Å². The number of aromatic nitrogens is 2. The lowest BCUT2D eigenvalue weighted by atomic mass is 9.96. The maximum Gasteiger partial charge on any atom is 0.262 e. The zero-order valence-corrected chi connectivity index (χ0v) is 16.5. The number of nitrogens with zero attached hydrogens (tertiary/aromatic N) is 1. The Morgan fingerprint density at radius 1 is 0.733 bits per heavy atom. The molecule has 2 amide bonds. The molecule has 5 aromatic rings. The Hall–Kier alpha value is -4.00. The number of hydrogen-bond acceptors (Lipinski definition) is 4. The molecule has 2 aromatic heterocycles. The highest BCUT2D eigenvalue weighted by atomic mass is 16.5. The van der Waals surface area contributed by atoms with Crippen molar-refractivity contribution in [1.29, 1.82) is 0 Å². The van der Waals surface area contributed by atoms with E-state index >= 15 is 0 Å². The van der Waals surface area contributed by atoms with Crippen molar-refractivity contribution in [1.82, 2.24) is 14.9 Å². The van der Waals surface area contributed by atoms with E-state index in [2.05, 4.69) is 9.97 Å². The monoisotopic (exact) mass is 399 g/mol. The Morgan fingerprint density at radius 3 is 1.57 bits per heavy atom. The third-order valence-corrected chi connectivity index (χ3v) is 6.05. The van der Waals surface area contributed by atoms with Crippen LogP contribution in [0.25, 0.3) is 43.6 Å². The van der Waals surface area contributed by atoms with Gasteiger partial charge in [-0.25, -0.2) is 0 Å². The molecule has 0 bridgehead atoms. The molecule has 2 N–H and O–H groups in total. The average molecular weight is 399 g/mol. The normalized spacial score (nSPS) is 13.9. The zero-order chi connectivity index (χ0) is 20.7. The summed E-state index contributed by atoms with van der Waals surface area (Å²) in [6.07, 6.45) is 0. The molecule has 7 nitrogen and oxygen atoms in total. The first-order valence-corrected chi connectivity index (χ1v) is 9.50. The molecule has 0 saturated carbocycles. The second kappa shape index (κ2) is 5.54. The first-order chi connectivity index (χ1) is 14.5. The van der Waals surface area contributed by atoms with Gasteiger partial charge in [0.1, 0.15) is 11.5 Å². The molecule has 0 saturated heterocycles. The molecule has 0 fully saturated rings. The molecule has 30 heavy (non-hydrogen) atoms. The van der Waals surface area contributed by atoms with E-state index in [4.69, 9.17) is 9.47 Å². The summed E-state index contributed by atoms with van der Waals surface area (Å²) in [6, 6.07) is 11.4. The number of amides is 2. The maximum atomic E-state index is 13.2. The fraction of sp³-hybridized carbons (Fsp3) is 0.130. The summed E-state index contributed by atoms with van der Waals surface area (Å²) in [4.78, 5) is 34.4. The summed E-state index contributed by atoms with van der Waals surface area (Å²) in [6.45, 7) is 0. The first-order valence-electron chi connectivity index (χ1n) is 9.50. The Balaban J connectivity index is 1.92. The molecular formula is C23H17N3O4. The van der Waals surface area contributed by atoms with Crippen LogP contribution in [0.2, 0.25) is 0 Å². The highest BCUT2D eigenvalue weighted by molar-refractivity contribution is 6.39. The number of imide groups is 1. The Labute approximate surface area is 170 Å². The number of carbonyl (C=O) groups is 2. The summed E-state index contributed by atoms with van der Waals surface area (Å²) in [7, 11) is 4.73. The molecule has 0 spiro atoms. The number of benzene rings is 3. The van der Waals surface area contributed by atoms with E-state index in [1.165, 1.54) is 11.9 Å². The average Bonchev–Trinajstić information content (AvgIpc) is 3.39. The van der Waals surface area contributed by atoms with Crippen LogP contribution in [-0.2, 0) is 0 Å². The third kappa shape index (κ3) is 1.89. The summed E-state index contributed by atoms with van der Waals surface area (Å²) >= 11 is 0. The molecule has 7 heteroatoms. The number of hydrogen-bond donors (Lipinski definition) is 2. The van der Waals surface area contributed by atoms with Crippen LogP contribution in [0.4, 0.5) is 0 Å². The van der Waals surface area contributed by atoms with Gasteiger partial charge >= 0.3 is 0 Å². The molecule has 1 aliphatic heterocycles. The standard InChI is InChI=1S/C23H17N3O4/c1-26-22(27)18-16-12-8-10(29-2)4-6-14(12)24-20(16)21-17(19(18)23(26)28)13-9-11(30-3)5-7-15(13)25-21/h4-9,24-25H,1-3H3. The SMILES string of the molecule is COc1ccc2[nH]c3c4[nH]c5ccc(OC)cc5c4c4c(c3c2c1)C(=O)N(C)C4=O. The summed E-state index contributed by atoms with van der Waals surface area (Å²) in [5.41, 5.74) is 4.16. The maximum absolute atomic E-state index is 13.2. The molecule has 6 rings (SSSR count). The summed E-state index contributed by atoms with van der Waals surface area (Å²) in [5, 5.41) is 3.14. The van der Waals surface area contributed by atoms with Crippen LogP contribution in [0.3, 0.4) is 0 Å². The van der Waals surface area contributed by atoms with Crippen LogP contribution in [0, 0.1) is 0 Å². The zero-order valence-electron chi connectivity index (χ0n) is 16.5. The summed E-state index contributed by atoms with van der Waals surface area (Å²) < 4.78 is 10.8. The molecule has 3 aromatic carbocycles. The number of carbonyl (C=O) groups excluding carboxylic acids is 2. The van der Waals surface area contributed by atoms with Crippen LogP contribution in [0.15, 0.2) is 36.4 Å². The Morgan fingerprint density at radius 2 is 1.17 bits per heavy atom. The number of nitrogens with one attached hydrogen (secondary N) is 2. The fourth-order valence-electron chi connectivity index (χ4n) is 4.60. The highest BCUT2D eigenvalue weighted by Gasteiger charge is 2.39. The number of methoxy groups -OCH3 is 2. The van der Waals surface area contributed by atoms with Gasteiger partial charge in [0.05, 0.1) is 36.4 Å². The van der Waals surface area contributed by atoms with Gasteiger partial charge in [-0.2, -0.15) is 0 Å². The van der Waals surface area contributed by atoms with Gasteiger partial charge in [0.25, 0.3) is 11.8 Å². The van der Waals surface area contributed by atoms with Crippen molar-refractivity contribution >= 4 is 55.4 Å². The van der Waals surface area contributed by atoms with Crippen molar-refractivity contribution in [2.24, 2.45) is 0 Å². The molecule has 0 aliphatic carbocycles. The van der Waals surface area contributed by atoms with Crippen molar-refractivity contribution in [3.05, 3.63) is 47.5 Å². The van der Waals surface area contributed by atoms with Crippen molar-refractivity contribution < 1.29 is 19.1 Å². The smallest absolute Gasteiger partial charge is 0.262 e. The highest BCUT2D eigenvalue weighted by Crippen LogP contribution is 2.44. The molecule has 0 atom stereocenters. The van der Waals surface area contributed by atoms with E-state index in [1.807, 2.05) is 36.4 Å². The van der Waals surface area contributed by atoms with Crippen LogP contribution in [0.5, 0.6) is 11.5 Å². The quantitative estimate of drug-likeness (QED) is 0.436. The molecule has 0 radical (unpaired) electrons. The lowest BCUT2D eigenvalue weighted by Gasteiger charge is -2.04. The van der Waals surface area contributed by atoms with Gasteiger partial charge in [0, 0.05) is 39.6 Å². The third-order valence-electron chi connectivity index (χ3n) is 6.05. The van der Waals surface area contributed by atoms with Gasteiger partial charge in [-0.3, -0.25) is 14.5 Å². The van der Waals surface area contributed by atoms with Crippen molar-refractivity contribution in [3.63, 3.8) is 0 Å². The molecular weight excluding hydrogens is 382 g/mol. The molecule has 148 valence electrons. The van der Waals surface area contributed by atoms with E-state index in [0.717, 1.165) is 43.6 Å². The molecule has 0 unspecified atom stereocenters. The topological polar surface area (TPSA) is 87.4 Å². The Kier molecular flexibility index (Phi) is 3.12. The largest absolute Gasteiger partial charge is 0.497 e. The first kappa shape index (κ1) is 16.9. The van der Waals surface area contributed by atoms with Crippen LogP contribution >= 0.6 is 0 Å². The fourth-order valence-corrected chi connectivity index (χ4v) is 4.60. The predicted octanol–water partition coefficient (Wildman–Crippen LogP) is 4.20. The minimum atomic E-state index is -0.303. The molecule has 1 aliphatic rings. The predicted molar refractivity (Wildman–Crippen MR) is 115 cm³/mol. The van der Waals surface area contributed by atoms with E-state index in [-0.39, 0.29) is 11.8 Å². The van der Waals surface area contributed by atoms with Crippen molar-refractivity contribution in [2.45, 2.75) is 0 Å². The number of ether oxygens (including phenoxy) is 2. The van der Waals surface area contributed by atoms with Crippen LogP contribution in [-0.4, -0.2) is 47.9 Å². The number of aromatic amines is 2. The minimum Gasteiger partial charge on any atom is -0.497 e. The van der Waals surface area contributed by atoms with E-state index in [9.17, 15) is 9.59 Å². The van der Waals surface area contributed by atoms with Gasteiger partial charge in [-0.1, -0.05) is 0 Å². The van der Waals surface area contributed by atoms with Crippen LogP contribution < -0.4 is 9.47 Å². The van der Waals surface area contributed by atoms with E-state index < -0.39 is 0 Å². The number of fused-ring (bicyclic) bond motifs is 10. The van der Waals surface area contributed by atoms with Crippen molar-refractivity contribution in [3.8, 4) is 11.5 Å². The lowest BCUT2D eigenvalue weighted by Crippen LogP contribution is -2.24. The second-order valence-corrected chi connectivity index (χ2v) is 7.49. The van der Waals surface area contributed by atoms with E-state index in [1.54, 1.807) is 14.2 Å². The minimum absolute atomic E-state index is 0.303. The number of rotatable bonds is 2. The van der Waals surface area contributed by atoms with Gasteiger partial charge in [0.15, 0.2) is 0 Å². The molecule has 3 heterocycles. The summed E-state index contributed by atoms with van der Waals surface area (Å²) in [5.74, 6) is 0.762.